The molecule has 0 aromatic carbocycles. The second-order valence-electron chi connectivity index (χ2n) is 6.78. The Bertz CT molecular complexity index is 837. The molecule has 0 aliphatic rings. The molecule has 4 N–H and O–H groups in total. The summed E-state index contributed by atoms with van der Waals surface area (Å²) >= 11 is 19.8. The van der Waals surface area contributed by atoms with Crippen molar-refractivity contribution in [1.82, 2.24) is 10.6 Å². The van der Waals surface area contributed by atoms with Gasteiger partial charge in [-0.15, -0.1) is 129 Å². The highest BCUT2D eigenvalue weighted by Gasteiger charge is 2.03. The van der Waals surface area contributed by atoms with Gasteiger partial charge in [0, 0.05) is 40.7 Å². The van der Waals surface area contributed by atoms with E-state index < -0.39 is 21.6 Å². The van der Waals surface area contributed by atoms with Crippen LogP contribution in [0.15, 0.2) is 9.98 Å². The fourth-order valence-corrected chi connectivity index (χ4v) is 16.3. The van der Waals surface area contributed by atoms with Crippen LogP contribution in [0.4, 0.5) is 9.59 Å². The van der Waals surface area contributed by atoms with Gasteiger partial charge in [-0.1, -0.05) is 23.5 Å². The molecule has 0 aliphatic carbocycles. The number of hydrogen-bond donors (Lipinski definition) is 4. The van der Waals surface area contributed by atoms with Gasteiger partial charge in [0.05, 0.1) is 78.2 Å². The van der Waals surface area contributed by atoms with Gasteiger partial charge in [-0.3, -0.25) is 28.0 Å². The lowest BCUT2D eigenvalue weighted by Crippen LogP contribution is -2.17. The molecule has 0 aromatic rings. The van der Waals surface area contributed by atoms with Crippen molar-refractivity contribution in [2.24, 2.45) is 9.98 Å². The summed E-state index contributed by atoms with van der Waals surface area (Å²) in [7, 11) is -2.19. The van der Waals surface area contributed by atoms with E-state index in [4.69, 9.17) is 10.2 Å². The molecule has 0 fully saturated rings. The molecule has 0 heterocycles. The molecule has 45 heavy (non-hydrogen) atoms. The van der Waals surface area contributed by atoms with Crippen molar-refractivity contribution in [3.05, 3.63) is 0 Å². The maximum absolute atomic E-state index is 12.0. The van der Waals surface area contributed by atoms with Crippen molar-refractivity contribution in [3.63, 3.8) is 0 Å². The van der Waals surface area contributed by atoms with Gasteiger partial charge in [0.2, 0.25) is 0 Å². The summed E-state index contributed by atoms with van der Waals surface area (Å²) in [5.41, 5.74) is 2.97. The summed E-state index contributed by atoms with van der Waals surface area (Å²) in [5.74, 6) is 2.32. The van der Waals surface area contributed by atoms with Crippen molar-refractivity contribution in [1.29, 1.82) is 0 Å². The lowest BCUT2D eigenvalue weighted by molar-refractivity contribution is 0.261. The molecule has 2 atom stereocenters. The van der Waals surface area contributed by atoms with Crippen LogP contribution < -0.4 is 10.6 Å². The van der Waals surface area contributed by atoms with Crippen molar-refractivity contribution in [2.75, 3.05) is 86.2 Å². The lowest BCUT2D eigenvalue weighted by atomic mass is 11.2. The minimum absolute atomic E-state index is 0.0438. The van der Waals surface area contributed by atoms with Crippen molar-refractivity contribution in [2.45, 2.75) is 0 Å². The monoisotopic (exact) mass is 910 g/mol. The Morgan fingerprint density at radius 2 is 0.911 bits per heavy atom. The Balaban J connectivity index is 3.45. The predicted molar refractivity (Wildman–Crippen MR) is 231 cm³/mol. The number of amides is 2. The zero-order valence-corrected chi connectivity index (χ0v) is 36.3. The van der Waals surface area contributed by atoms with E-state index in [1.54, 1.807) is 94.1 Å². The molecule has 0 aliphatic heterocycles. The summed E-state index contributed by atoms with van der Waals surface area (Å²) in [6, 6.07) is 0. The van der Waals surface area contributed by atoms with Crippen LogP contribution in [0.2, 0.25) is 0 Å². The molecule has 0 aromatic heterocycles. The van der Waals surface area contributed by atoms with Crippen molar-refractivity contribution < 1.29 is 28.2 Å². The second kappa shape index (κ2) is 39.8. The third kappa shape index (κ3) is 39.7. The number of nitrogens with one attached hydrogen (secondary N) is 2. The highest BCUT2D eigenvalue weighted by Crippen LogP contribution is 2.22. The Morgan fingerprint density at radius 3 is 1.38 bits per heavy atom. The molecule has 0 radical (unpaired) electrons. The normalized spacial score (nSPS) is 13.0. The number of rotatable bonds is 32. The molecule has 0 saturated carbocycles. The maximum Gasteiger partial charge on any atom is 0.280 e. The van der Waals surface area contributed by atoms with Crippen LogP contribution in [-0.4, -0.2) is 126 Å². The first-order chi connectivity index (χ1) is 22.0. The Morgan fingerprint density at radius 1 is 0.533 bits per heavy atom. The smallest absolute Gasteiger partial charge is 0.280 e. The Labute approximate surface area is 327 Å². The van der Waals surface area contributed by atoms with E-state index in [0.29, 0.717) is 48.9 Å². The highest BCUT2D eigenvalue weighted by molar-refractivity contribution is 8.30. The molecule has 0 rings (SSSR count). The largest absolute Gasteiger partial charge is 0.386 e. The first-order valence-electron chi connectivity index (χ1n) is 12.1. The van der Waals surface area contributed by atoms with Gasteiger partial charge in [0.25, 0.3) is 10.5 Å². The summed E-state index contributed by atoms with van der Waals surface area (Å²) in [5, 5.41) is 30.0. The molecule has 2 unspecified atom stereocenters. The third-order valence-electron chi connectivity index (χ3n) is 3.48. The van der Waals surface area contributed by atoms with Crippen LogP contribution in [0.5, 0.6) is 0 Å². The standard InChI is InChI=1S/C20H38N4O6S15/c25-7-35-11-38-15-42-19(27)23-3-33-10-32-2-22-6-45(30)18-41-14-37-13-39-16-43-20(28)24-4-34-9-31-1-21-5-44(29)17-40-12-36-8-26/h5-6,25-26H,1-4,7-18H2,(H,23,27)(H,24,28). The number of hydrogen-bond acceptors (Lipinski definition) is 21. The van der Waals surface area contributed by atoms with Crippen molar-refractivity contribution in [3.8, 4) is 0 Å². The highest BCUT2D eigenvalue weighted by atomic mass is 32.3. The van der Waals surface area contributed by atoms with Gasteiger partial charge in [0.15, 0.2) is 0 Å². The van der Waals surface area contributed by atoms with Crippen molar-refractivity contribution >= 4 is 196 Å². The van der Waals surface area contributed by atoms with Crippen LogP contribution in [0.3, 0.4) is 0 Å². The van der Waals surface area contributed by atoms with Crippen LogP contribution in [0.1, 0.15) is 0 Å². The van der Waals surface area contributed by atoms with Gasteiger partial charge >= 0.3 is 0 Å². The minimum atomic E-state index is -1.10. The fraction of sp³-hybridized carbons (Fsp3) is 0.800. The van der Waals surface area contributed by atoms with Crippen LogP contribution in [0, 0.1) is 0 Å². The van der Waals surface area contributed by atoms with E-state index in [1.807, 2.05) is 0 Å². The topological polar surface area (TPSA) is 158 Å². The molecule has 0 bridgehead atoms. The molecule has 0 spiro atoms. The molecule has 10 nitrogen and oxygen atoms in total. The van der Waals surface area contributed by atoms with E-state index in [1.165, 1.54) is 69.9 Å². The van der Waals surface area contributed by atoms with Crippen LogP contribution >= 0.6 is 153 Å². The minimum Gasteiger partial charge on any atom is -0.386 e. The van der Waals surface area contributed by atoms with E-state index in [9.17, 15) is 18.0 Å². The first kappa shape index (κ1) is 48.0. The summed E-state index contributed by atoms with van der Waals surface area (Å²) in [6.07, 6.45) is 0. The predicted octanol–water partition coefficient (Wildman–Crippen LogP) is 6.80. The summed E-state index contributed by atoms with van der Waals surface area (Å²) < 4.78 is 23.7. The summed E-state index contributed by atoms with van der Waals surface area (Å²) in [4.78, 5) is 31.9. The Hall–Kier alpha value is 3.05. The fourth-order valence-electron chi connectivity index (χ4n) is 1.83. The zero-order chi connectivity index (χ0) is 33.1. The van der Waals surface area contributed by atoms with Crippen LogP contribution in [-0.2, 0) is 21.6 Å². The molecular formula is C20H38N4O6S15. The van der Waals surface area contributed by atoms with E-state index in [-0.39, 0.29) is 22.4 Å². The number of aliphatic hydroxyl groups is 2. The van der Waals surface area contributed by atoms with Crippen LogP contribution in [0.25, 0.3) is 0 Å². The molecule has 264 valence electrons. The average molecular weight is 912 g/mol. The molecule has 0 saturated heterocycles. The Kier molecular flexibility index (Phi) is 42.5. The van der Waals surface area contributed by atoms with Gasteiger partial charge in [-0.05, 0) is 0 Å². The third-order valence-corrected chi connectivity index (χ3v) is 20.3. The first-order valence-corrected chi connectivity index (χ1v) is 29.6. The molecule has 25 heteroatoms. The average Bonchev–Trinajstić information content (AvgIpc) is 3.03. The van der Waals surface area contributed by atoms with Gasteiger partial charge in [-0.2, -0.15) is 0 Å². The number of aliphatic hydroxyl groups excluding tert-OH is 2. The molecule has 2 amide bonds. The zero-order valence-electron chi connectivity index (χ0n) is 24.0. The lowest BCUT2D eigenvalue weighted by Gasteiger charge is -2.04. The maximum atomic E-state index is 12.0. The second-order valence-corrected chi connectivity index (χ2v) is 25.6. The number of carbonyl (C=O) groups excluding carboxylic acids is 2. The SMILES string of the molecule is O=C(NCSCSCN=CS(=O)CSCSCSCSC(=O)NCSCSCN=CS(=O)CSCSCO)SCSCSCO. The number of aliphatic imine (C=N–C) groups is 2. The van der Waals surface area contributed by atoms with Gasteiger partial charge < -0.3 is 20.8 Å². The van der Waals surface area contributed by atoms with Gasteiger partial charge in [0.1, 0.15) is 0 Å². The quantitative estimate of drug-likeness (QED) is 0.0242. The van der Waals surface area contributed by atoms with E-state index >= 15 is 0 Å². The number of thioether (sulfide) groups is 13. The van der Waals surface area contributed by atoms with E-state index in [0.717, 1.165) is 25.4 Å². The summed E-state index contributed by atoms with van der Waals surface area (Å²) in [6.45, 7) is 0. The number of carbonyl (C=O) groups is 2. The van der Waals surface area contributed by atoms with Gasteiger partial charge in [-0.25, -0.2) is 0 Å². The van der Waals surface area contributed by atoms with E-state index in [2.05, 4.69) is 20.6 Å². The molecular weight excluding hydrogens is 873 g/mol. The number of nitrogens with zero attached hydrogens (tertiary/aromatic N) is 2.